The molecule has 2 amide bonds. The first-order chi connectivity index (χ1) is 5.70. The Bertz CT molecular complexity index is 143. The van der Waals surface area contributed by atoms with Gasteiger partial charge in [-0.15, -0.1) is 0 Å². The molecule has 0 aromatic heterocycles. The highest BCUT2D eigenvalue weighted by Gasteiger charge is 2.25. The lowest BCUT2D eigenvalue weighted by Gasteiger charge is -1.88. The molecular weight excluding hydrogens is 154 g/mol. The van der Waals surface area contributed by atoms with Crippen molar-refractivity contribution in [1.82, 2.24) is 5.32 Å². The van der Waals surface area contributed by atoms with E-state index in [0.717, 1.165) is 0 Å². The van der Waals surface area contributed by atoms with E-state index >= 15 is 0 Å². The van der Waals surface area contributed by atoms with E-state index in [2.05, 4.69) is 5.32 Å². The fraction of sp³-hybridized carbons (Fsp3) is 0.778. The maximum Gasteiger partial charge on any atom is 0.229 e. The number of rotatable bonds is 0. The van der Waals surface area contributed by atoms with Crippen LogP contribution in [0.1, 0.15) is 41.0 Å². The topological polar surface area (TPSA) is 46.2 Å². The van der Waals surface area contributed by atoms with Crippen LogP contribution in [-0.2, 0) is 9.59 Å². The smallest absolute Gasteiger partial charge is 0.229 e. The van der Waals surface area contributed by atoms with Crippen molar-refractivity contribution in [3.05, 3.63) is 0 Å². The van der Waals surface area contributed by atoms with Crippen LogP contribution in [0.3, 0.4) is 0 Å². The molecule has 0 radical (unpaired) electrons. The Morgan fingerprint density at radius 1 is 1.17 bits per heavy atom. The zero-order valence-corrected chi connectivity index (χ0v) is 8.60. The molecule has 3 nitrogen and oxygen atoms in total. The molecule has 1 rings (SSSR count). The Balaban J connectivity index is 0. The van der Waals surface area contributed by atoms with Crippen LogP contribution in [-0.4, -0.2) is 11.8 Å². The third kappa shape index (κ3) is 4.88. The summed E-state index contributed by atoms with van der Waals surface area (Å²) >= 11 is 0. The molecule has 0 bridgehead atoms. The molecule has 0 saturated carbocycles. The number of carbonyl (C=O) groups is 2. The van der Waals surface area contributed by atoms with Crippen LogP contribution in [0.15, 0.2) is 0 Å². The fourth-order valence-electron chi connectivity index (χ4n) is 0.682. The third-order valence-electron chi connectivity index (χ3n) is 1.20. The average molecular weight is 173 g/mol. The van der Waals surface area contributed by atoms with Gasteiger partial charge >= 0.3 is 0 Å². The standard InChI is InChI=1S/C5H7NO2.2C2H6/c1-3-2-4(7)6-5(3)8;2*1-2/h3H,2H2,1H3,(H,6,7,8);2*1-2H3. The Hall–Kier alpha value is -0.860. The van der Waals surface area contributed by atoms with Gasteiger partial charge in [-0.05, 0) is 0 Å². The molecular formula is C9H19NO2. The lowest BCUT2D eigenvalue weighted by Crippen LogP contribution is -2.20. The first-order valence-electron chi connectivity index (χ1n) is 4.54. The molecule has 1 saturated heterocycles. The van der Waals surface area contributed by atoms with Crippen molar-refractivity contribution in [2.45, 2.75) is 41.0 Å². The van der Waals surface area contributed by atoms with Crippen molar-refractivity contribution in [1.29, 1.82) is 0 Å². The summed E-state index contributed by atoms with van der Waals surface area (Å²) in [4.78, 5) is 20.8. The van der Waals surface area contributed by atoms with Crippen LogP contribution in [0.4, 0.5) is 0 Å². The molecule has 0 aliphatic carbocycles. The second-order valence-corrected chi connectivity index (χ2v) is 2.02. The Morgan fingerprint density at radius 3 is 1.67 bits per heavy atom. The zero-order chi connectivity index (χ0) is 10.1. The van der Waals surface area contributed by atoms with E-state index in [4.69, 9.17) is 0 Å². The highest BCUT2D eigenvalue weighted by molar-refractivity contribution is 6.03. The molecule has 72 valence electrons. The van der Waals surface area contributed by atoms with Crippen molar-refractivity contribution < 1.29 is 9.59 Å². The van der Waals surface area contributed by atoms with Crippen molar-refractivity contribution in [2.75, 3.05) is 0 Å². The third-order valence-corrected chi connectivity index (χ3v) is 1.20. The van der Waals surface area contributed by atoms with Crippen LogP contribution in [0, 0.1) is 5.92 Å². The van der Waals surface area contributed by atoms with Gasteiger partial charge < -0.3 is 0 Å². The van der Waals surface area contributed by atoms with Gasteiger partial charge in [-0.2, -0.15) is 0 Å². The number of nitrogens with one attached hydrogen (secondary N) is 1. The lowest BCUT2D eigenvalue weighted by molar-refractivity contribution is -0.125. The van der Waals surface area contributed by atoms with Gasteiger partial charge in [0, 0.05) is 12.3 Å². The fourth-order valence-corrected chi connectivity index (χ4v) is 0.682. The Labute approximate surface area is 74.5 Å². The number of carbonyl (C=O) groups excluding carboxylic acids is 2. The van der Waals surface area contributed by atoms with E-state index in [1.54, 1.807) is 6.92 Å². The molecule has 0 aromatic rings. The number of hydrogen-bond acceptors (Lipinski definition) is 2. The molecule has 0 spiro atoms. The quantitative estimate of drug-likeness (QED) is 0.567. The summed E-state index contributed by atoms with van der Waals surface area (Å²) in [5.41, 5.74) is 0. The van der Waals surface area contributed by atoms with Gasteiger partial charge in [0.05, 0.1) is 0 Å². The summed E-state index contributed by atoms with van der Waals surface area (Å²) in [6, 6.07) is 0. The van der Waals surface area contributed by atoms with Crippen LogP contribution >= 0.6 is 0 Å². The molecule has 1 N–H and O–H groups in total. The molecule has 1 heterocycles. The summed E-state index contributed by atoms with van der Waals surface area (Å²) in [6.45, 7) is 9.74. The minimum absolute atomic E-state index is 0.109. The van der Waals surface area contributed by atoms with Gasteiger partial charge in [-0.25, -0.2) is 0 Å². The zero-order valence-electron chi connectivity index (χ0n) is 8.60. The summed E-state index contributed by atoms with van der Waals surface area (Å²) < 4.78 is 0. The van der Waals surface area contributed by atoms with Gasteiger partial charge in [-0.1, -0.05) is 34.6 Å². The Morgan fingerprint density at radius 2 is 1.58 bits per heavy atom. The minimum Gasteiger partial charge on any atom is -0.296 e. The molecule has 1 unspecified atom stereocenters. The molecule has 12 heavy (non-hydrogen) atoms. The number of amides is 2. The SMILES string of the molecule is CC.CC.CC1CC(=O)NC1=O. The van der Waals surface area contributed by atoms with Gasteiger partial charge in [0.1, 0.15) is 0 Å². The minimum atomic E-state index is -0.150. The van der Waals surface area contributed by atoms with E-state index in [0.29, 0.717) is 6.42 Å². The van der Waals surface area contributed by atoms with Gasteiger partial charge in [0.15, 0.2) is 0 Å². The molecule has 1 aliphatic heterocycles. The predicted octanol–water partition coefficient (Wildman–Crippen LogP) is 1.72. The second-order valence-electron chi connectivity index (χ2n) is 2.02. The first kappa shape index (κ1) is 13.7. The summed E-state index contributed by atoms with van der Waals surface area (Å²) in [7, 11) is 0. The van der Waals surface area contributed by atoms with E-state index in [-0.39, 0.29) is 17.7 Å². The normalized spacial score (nSPS) is 19.9. The number of imide groups is 1. The summed E-state index contributed by atoms with van der Waals surface area (Å²) in [5, 5.41) is 2.19. The van der Waals surface area contributed by atoms with E-state index in [1.165, 1.54) is 0 Å². The largest absolute Gasteiger partial charge is 0.296 e. The van der Waals surface area contributed by atoms with Crippen LogP contribution in [0.25, 0.3) is 0 Å². The van der Waals surface area contributed by atoms with Crippen molar-refractivity contribution in [3.8, 4) is 0 Å². The molecule has 1 aliphatic rings. The van der Waals surface area contributed by atoms with Crippen LogP contribution < -0.4 is 5.32 Å². The van der Waals surface area contributed by atoms with Gasteiger partial charge in [0.25, 0.3) is 0 Å². The average Bonchev–Trinajstić information content (AvgIpc) is 2.37. The van der Waals surface area contributed by atoms with Gasteiger partial charge in [0.2, 0.25) is 11.8 Å². The van der Waals surface area contributed by atoms with Gasteiger partial charge in [-0.3, -0.25) is 14.9 Å². The molecule has 3 heteroatoms. The van der Waals surface area contributed by atoms with Crippen molar-refractivity contribution in [2.24, 2.45) is 5.92 Å². The second kappa shape index (κ2) is 8.24. The van der Waals surface area contributed by atoms with Crippen LogP contribution in [0.5, 0.6) is 0 Å². The monoisotopic (exact) mass is 173 g/mol. The Kier molecular flexibility index (Phi) is 9.41. The van der Waals surface area contributed by atoms with E-state index in [9.17, 15) is 9.59 Å². The predicted molar refractivity (Wildman–Crippen MR) is 49.6 cm³/mol. The molecule has 0 aromatic carbocycles. The molecule has 1 atom stereocenters. The molecule has 1 fully saturated rings. The maximum atomic E-state index is 10.5. The summed E-state index contributed by atoms with van der Waals surface area (Å²) in [5.74, 6) is -0.403. The first-order valence-corrected chi connectivity index (χ1v) is 4.54. The van der Waals surface area contributed by atoms with Crippen molar-refractivity contribution >= 4 is 11.8 Å². The number of hydrogen-bond donors (Lipinski definition) is 1. The highest BCUT2D eigenvalue weighted by Crippen LogP contribution is 2.07. The van der Waals surface area contributed by atoms with E-state index < -0.39 is 0 Å². The summed E-state index contributed by atoms with van der Waals surface area (Å²) in [6.07, 6.45) is 0.360. The highest BCUT2D eigenvalue weighted by atomic mass is 16.2. The van der Waals surface area contributed by atoms with Crippen molar-refractivity contribution in [3.63, 3.8) is 0 Å². The maximum absolute atomic E-state index is 10.5. The lowest BCUT2D eigenvalue weighted by atomic mass is 10.1. The van der Waals surface area contributed by atoms with Crippen LogP contribution in [0.2, 0.25) is 0 Å². The van der Waals surface area contributed by atoms with E-state index in [1.807, 2.05) is 27.7 Å².